The molecule has 3 rings (SSSR count). The maximum atomic E-state index is 9.92. The molecule has 0 saturated carbocycles. The third-order valence-electron chi connectivity index (χ3n) is 3.06. The summed E-state index contributed by atoms with van der Waals surface area (Å²) in [6.45, 7) is 0. The Morgan fingerprint density at radius 2 is 2.18 bits per heavy atom. The molecular formula is C15H13BrN4O2. The Balaban J connectivity index is 1.78. The zero-order valence-corrected chi connectivity index (χ0v) is 13.3. The molecule has 1 heterocycles. The molecular weight excluding hydrogens is 348 g/mol. The molecule has 22 heavy (non-hydrogen) atoms. The van der Waals surface area contributed by atoms with Crippen molar-refractivity contribution in [3.8, 4) is 11.5 Å². The summed E-state index contributed by atoms with van der Waals surface area (Å²) in [7, 11) is 1.54. The number of aromatic amines is 1. The highest BCUT2D eigenvalue weighted by Gasteiger charge is 2.06. The summed E-state index contributed by atoms with van der Waals surface area (Å²) in [6.07, 6.45) is 1.51. The molecule has 3 aromatic rings. The molecule has 0 atom stereocenters. The molecule has 0 aliphatic heterocycles. The average molecular weight is 361 g/mol. The van der Waals surface area contributed by atoms with Crippen LogP contribution in [0.25, 0.3) is 11.0 Å². The third-order valence-corrected chi connectivity index (χ3v) is 3.68. The van der Waals surface area contributed by atoms with Crippen LogP contribution in [0.5, 0.6) is 11.5 Å². The minimum atomic E-state index is 0.0789. The Labute approximate surface area is 135 Å². The minimum absolute atomic E-state index is 0.0789. The van der Waals surface area contributed by atoms with Crippen molar-refractivity contribution in [2.75, 3.05) is 12.5 Å². The van der Waals surface area contributed by atoms with Crippen molar-refractivity contribution in [2.45, 2.75) is 0 Å². The number of aromatic hydroxyl groups is 1. The van der Waals surface area contributed by atoms with Gasteiger partial charge in [-0.15, -0.1) is 0 Å². The van der Waals surface area contributed by atoms with Crippen molar-refractivity contribution in [3.63, 3.8) is 0 Å². The van der Waals surface area contributed by atoms with E-state index in [9.17, 15) is 5.11 Å². The quantitative estimate of drug-likeness (QED) is 0.491. The van der Waals surface area contributed by atoms with Gasteiger partial charge in [-0.25, -0.2) is 10.4 Å². The average Bonchev–Trinajstić information content (AvgIpc) is 2.93. The van der Waals surface area contributed by atoms with Crippen LogP contribution in [0.2, 0.25) is 0 Å². The fraction of sp³-hybridized carbons (Fsp3) is 0.0667. The monoisotopic (exact) mass is 360 g/mol. The van der Waals surface area contributed by atoms with E-state index in [2.05, 4.69) is 36.4 Å². The van der Waals surface area contributed by atoms with Gasteiger partial charge in [0, 0.05) is 11.6 Å². The van der Waals surface area contributed by atoms with Crippen molar-refractivity contribution in [2.24, 2.45) is 5.10 Å². The molecule has 0 amide bonds. The number of anilines is 1. The molecule has 7 heteroatoms. The van der Waals surface area contributed by atoms with E-state index in [1.165, 1.54) is 19.4 Å². The Kier molecular flexibility index (Phi) is 3.97. The first-order valence-corrected chi connectivity index (χ1v) is 7.27. The summed E-state index contributed by atoms with van der Waals surface area (Å²) in [5, 5.41) is 14.0. The number of phenolic OH excluding ortho intramolecular Hbond substituents is 1. The van der Waals surface area contributed by atoms with Gasteiger partial charge in [-0.2, -0.15) is 5.10 Å². The van der Waals surface area contributed by atoms with E-state index in [0.29, 0.717) is 17.3 Å². The molecule has 0 unspecified atom stereocenters. The first-order chi connectivity index (χ1) is 10.7. The second kappa shape index (κ2) is 6.07. The highest BCUT2D eigenvalue weighted by Crippen LogP contribution is 2.31. The highest BCUT2D eigenvalue weighted by atomic mass is 79.9. The van der Waals surface area contributed by atoms with Crippen LogP contribution < -0.4 is 10.2 Å². The Hall–Kier alpha value is -2.54. The smallest absolute Gasteiger partial charge is 0.222 e. The maximum Gasteiger partial charge on any atom is 0.222 e. The predicted molar refractivity (Wildman–Crippen MR) is 89.7 cm³/mol. The first-order valence-electron chi connectivity index (χ1n) is 6.47. The number of ether oxygens (including phenoxy) is 1. The standard InChI is InChI=1S/C15H13BrN4O2/c1-22-14-7-13(21)9(6-10(14)16)8-17-20-15-18-11-4-2-3-5-12(11)19-15/h2-8,21H,1H3,(H2,18,19,20). The second-order valence-electron chi connectivity index (χ2n) is 4.52. The largest absolute Gasteiger partial charge is 0.507 e. The van der Waals surface area contributed by atoms with Gasteiger partial charge in [0.05, 0.1) is 28.8 Å². The van der Waals surface area contributed by atoms with E-state index in [0.717, 1.165) is 15.5 Å². The van der Waals surface area contributed by atoms with Crippen molar-refractivity contribution in [1.29, 1.82) is 0 Å². The number of fused-ring (bicyclic) bond motifs is 1. The summed E-state index contributed by atoms with van der Waals surface area (Å²) in [5.41, 5.74) is 5.14. The van der Waals surface area contributed by atoms with Gasteiger partial charge in [-0.3, -0.25) is 0 Å². The van der Waals surface area contributed by atoms with Crippen LogP contribution in [0.4, 0.5) is 5.95 Å². The van der Waals surface area contributed by atoms with Gasteiger partial charge in [0.2, 0.25) is 5.95 Å². The number of halogens is 1. The van der Waals surface area contributed by atoms with Gasteiger partial charge in [0.15, 0.2) is 0 Å². The summed E-state index contributed by atoms with van der Waals surface area (Å²) in [4.78, 5) is 7.44. The molecule has 0 radical (unpaired) electrons. The SMILES string of the molecule is COc1cc(O)c(C=NNc2nc3ccccc3[nH]2)cc1Br. The van der Waals surface area contributed by atoms with Gasteiger partial charge in [-0.1, -0.05) is 12.1 Å². The summed E-state index contributed by atoms with van der Waals surface area (Å²) in [6, 6.07) is 10.9. The van der Waals surface area contributed by atoms with Gasteiger partial charge >= 0.3 is 0 Å². The zero-order chi connectivity index (χ0) is 15.5. The predicted octanol–water partition coefficient (Wildman–Crippen LogP) is 3.49. The lowest BCUT2D eigenvalue weighted by molar-refractivity contribution is 0.405. The molecule has 3 N–H and O–H groups in total. The Morgan fingerprint density at radius 1 is 1.36 bits per heavy atom. The van der Waals surface area contributed by atoms with Crippen LogP contribution in [-0.4, -0.2) is 28.4 Å². The zero-order valence-electron chi connectivity index (χ0n) is 11.7. The minimum Gasteiger partial charge on any atom is -0.507 e. The fourth-order valence-corrected chi connectivity index (χ4v) is 2.51. The molecule has 6 nitrogen and oxygen atoms in total. The number of rotatable bonds is 4. The number of para-hydroxylation sites is 2. The van der Waals surface area contributed by atoms with Crippen LogP contribution in [-0.2, 0) is 0 Å². The van der Waals surface area contributed by atoms with Crippen molar-refractivity contribution in [1.82, 2.24) is 9.97 Å². The van der Waals surface area contributed by atoms with Gasteiger partial charge in [0.25, 0.3) is 0 Å². The number of aromatic nitrogens is 2. The van der Waals surface area contributed by atoms with Gasteiger partial charge in [0.1, 0.15) is 11.5 Å². The van der Waals surface area contributed by atoms with E-state index in [1.807, 2.05) is 24.3 Å². The van der Waals surface area contributed by atoms with E-state index in [-0.39, 0.29) is 5.75 Å². The normalized spacial score (nSPS) is 11.2. The van der Waals surface area contributed by atoms with Crippen LogP contribution in [0.15, 0.2) is 46.0 Å². The molecule has 0 spiro atoms. The highest BCUT2D eigenvalue weighted by molar-refractivity contribution is 9.10. The number of phenols is 1. The lowest BCUT2D eigenvalue weighted by Crippen LogP contribution is -1.93. The molecule has 0 fully saturated rings. The molecule has 0 bridgehead atoms. The number of nitrogens with one attached hydrogen (secondary N) is 2. The van der Waals surface area contributed by atoms with E-state index < -0.39 is 0 Å². The summed E-state index contributed by atoms with van der Waals surface area (Å²) in [5.74, 6) is 1.17. The van der Waals surface area contributed by atoms with E-state index in [4.69, 9.17) is 4.74 Å². The molecule has 0 aliphatic carbocycles. The lowest BCUT2D eigenvalue weighted by Gasteiger charge is -2.05. The van der Waals surface area contributed by atoms with Crippen LogP contribution >= 0.6 is 15.9 Å². The van der Waals surface area contributed by atoms with E-state index in [1.54, 1.807) is 6.07 Å². The van der Waals surface area contributed by atoms with Crippen molar-refractivity contribution < 1.29 is 9.84 Å². The summed E-state index contributed by atoms with van der Waals surface area (Å²) >= 11 is 3.36. The van der Waals surface area contributed by atoms with Crippen molar-refractivity contribution >= 4 is 39.1 Å². The number of imidazole rings is 1. The van der Waals surface area contributed by atoms with Crippen LogP contribution in [0.1, 0.15) is 5.56 Å². The maximum absolute atomic E-state index is 9.92. The number of methoxy groups -OCH3 is 1. The molecule has 0 aliphatic rings. The van der Waals surface area contributed by atoms with Crippen molar-refractivity contribution in [3.05, 3.63) is 46.4 Å². The Bertz CT molecular complexity index is 812. The van der Waals surface area contributed by atoms with Crippen LogP contribution in [0.3, 0.4) is 0 Å². The van der Waals surface area contributed by atoms with Crippen LogP contribution in [0, 0.1) is 0 Å². The Morgan fingerprint density at radius 3 is 2.95 bits per heavy atom. The third kappa shape index (κ3) is 2.89. The molecule has 2 aromatic carbocycles. The number of H-pyrrole nitrogens is 1. The lowest BCUT2D eigenvalue weighted by atomic mass is 10.2. The topological polar surface area (TPSA) is 82.5 Å². The molecule has 1 aromatic heterocycles. The number of hydrogen-bond acceptors (Lipinski definition) is 5. The first kappa shape index (κ1) is 14.4. The second-order valence-corrected chi connectivity index (χ2v) is 5.37. The van der Waals surface area contributed by atoms with E-state index >= 15 is 0 Å². The van der Waals surface area contributed by atoms with Gasteiger partial charge in [-0.05, 0) is 34.1 Å². The fourth-order valence-electron chi connectivity index (χ4n) is 1.99. The summed E-state index contributed by atoms with van der Waals surface area (Å²) < 4.78 is 5.84. The number of hydrazone groups is 1. The number of nitrogens with zero attached hydrogens (tertiary/aromatic N) is 2. The number of benzene rings is 2. The molecule has 112 valence electrons. The van der Waals surface area contributed by atoms with Gasteiger partial charge < -0.3 is 14.8 Å². The number of hydrogen-bond donors (Lipinski definition) is 3. The molecule has 0 saturated heterocycles.